The van der Waals surface area contributed by atoms with Gasteiger partial charge in [-0.1, -0.05) is 34.1 Å². The van der Waals surface area contributed by atoms with Crippen LogP contribution in [-0.4, -0.2) is 12.4 Å². The maximum Gasteiger partial charge on any atom is 0.119 e. The van der Waals surface area contributed by atoms with Crippen molar-refractivity contribution in [3.63, 3.8) is 0 Å². The van der Waals surface area contributed by atoms with Crippen molar-refractivity contribution in [1.82, 2.24) is 0 Å². The first-order valence-electron chi connectivity index (χ1n) is 6.55. The van der Waals surface area contributed by atoms with Gasteiger partial charge in [0.15, 0.2) is 0 Å². The van der Waals surface area contributed by atoms with Gasteiger partial charge in [0.25, 0.3) is 0 Å². The molecule has 2 aromatic rings. The first kappa shape index (κ1) is 15.4. The second-order valence-corrected chi connectivity index (χ2v) is 6.39. The topological polar surface area (TPSA) is 35.2 Å². The number of hydrogen-bond donors (Lipinski definition) is 1. The Morgan fingerprint density at radius 3 is 2.60 bits per heavy atom. The van der Waals surface area contributed by atoms with Gasteiger partial charge in [-0.15, -0.1) is 11.8 Å². The summed E-state index contributed by atoms with van der Waals surface area (Å²) in [5.41, 5.74) is 7.37. The Morgan fingerprint density at radius 1 is 1.20 bits per heavy atom. The average Bonchev–Trinajstić information content (AvgIpc) is 2.46. The van der Waals surface area contributed by atoms with Crippen LogP contribution in [0, 0.1) is 0 Å². The molecule has 20 heavy (non-hydrogen) atoms. The predicted molar refractivity (Wildman–Crippen MR) is 89.4 cm³/mol. The second-order valence-electron chi connectivity index (χ2n) is 4.38. The molecule has 0 fully saturated rings. The van der Waals surface area contributed by atoms with Crippen LogP contribution in [0.4, 0.5) is 0 Å². The van der Waals surface area contributed by atoms with Crippen LogP contribution in [0.25, 0.3) is 0 Å². The molecular weight excluding hydrogens is 334 g/mol. The summed E-state index contributed by atoms with van der Waals surface area (Å²) in [6.45, 7) is 2.67. The maximum absolute atomic E-state index is 6.23. The molecule has 106 valence electrons. The number of benzene rings is 2. The van der Waals surface area contributed by atoms with Crippen molar-refractivity contribution in [2.24, 2.45) is 5.73 Å². The van der Waals surface area contributed by atoms with Gasteiger partial charge in [0.2, 0.25) is 0 Å². The summed E-state index contributed by atoms with van der Waals surface area (Å²) >= 11 is 5.24. The van der Waals surface area contributed by atoms with E-state index in [4.69, 9.17) is 10.5 Å². The minimum atomic E-state index is 0.0228. The Kier molecular flexibility index (Phi) is 5.95. The van der Waals surface area contributed by atoms with Crippen molar-refractivity contribution in [3.05, 3.63) is 58.6 Å². The van der Waals surface area contributed by atoms with Crippen LogP contribution >= 0.6 is 27.7 Å². The third-order valence-corrected chi connectivity index (χ3v) is 4.45. The van der Waals surface area contributed by atoms with Crippen molar-refractivity contribution in [3.8, 4) is 5.75 Å². The first-order valence-corrected chi connectivity index (χ1v) is 8.33. The van der Waals surface area contributed by atoms with Crippen LogP contribution < -0.4 is 10.5 Å². The van der Waals surface area contributed by atoms with E-state index in [0.717, 1.165) is 21.5 Å². The highest BCUT2D eigenvalue weighted by molar-refractivity contribution is 9.10. The Balaban J connectivity index is 1.92. The van der Waals surface area contributed by atoms with Crippen molar-refractivity contribution in [1.29, 1.82) is 0 Å². The van der Waals surface area contributed by atoms with Crippen LogP contribution in [0.5, 0.6) is 5.75 Å². The van der Waals surface area contributed by atoms with Crippen molar-refractivity contribution >= 4 is 27.7 Å². The molecule has 0 bridgehead atoms. The summed E-state index contributed by atoms with van der Waals surface area (Å²) < 4.78 is 6.53. The lowest BCUT2D eigenvalue weighted by molar-refractivity contribution is 0.340. The van der Waals surface area contributed by atoms with E-state index in [1.54, 1.807) is 11.8 Å². The molecule has 1 unspecified atom stereocenters. The van der Waals surface area contributed by atoms with Crippen molar-refractivity contribution < 1.29 is 4.74 Å². The Hall–Kier alpha value is -0.970. The van der Waals surface area contributed by atoms with E-state index in [1.165, 1.54) is 4.90 Å². The number of ether oxygens (including phenoxy) is 1. The molecule has 2 nitrogen and oxygen atoms in total. The van der Waals surface area contributed by atoms with Crippen LogP contribution in [0.2, 0.25) is 0 Å². The third-order valence-electron chi connectivity index (χ3n) is 2.84. The van der Waals surface area contributed by atoms with Gasteiger partial charge in [-0.3, -0.25) is 0 Å². The Morgan fingerprint density at radius 2 is 1.95 bits per heavy atom. The number of hydrogen-bond acceptors (Lipinski definition) is 3. The van der Waals surface area contributed by atoms with E-state index in [-0.39, 0.29) is 6.04 Å². The lowest BCUT2D eigenvalue weighted by atomic mass is 10.1. The van der Waals surface area contributed by atoms with Gasteiger partial charge in [0.05, 0.1) is 6.61 Å². The van der Waals surface area contributed by atoms with Gasteiger partial charge in [-0.05, 0) is 42.8 Å². The minimum Gasteiger partial charge on any atom is -0.494 e. The molecule has 0 aliphatic rings. The number of nitrogens with two attached hydrogens (primary N) is 1. The smallest absolute Gasteiger partial charge is 0.119 e. The fraction of sp³-hybridized carbons (Fsp3) is 0.250. The third kappa shape index (κ3) is 4.54. The molecule has 1 atom stereocenters. The van der Waals surface area contributed by atoms with E-state index in [2.05, 4.69) is 28.1 Å². The number of halogens is 1. The summed E-state index contributed by atoms with van der Waals surface area (Å²) in [7, 11) is 0. The average molecular weight is 352 g/mol. The molecule has 4 heteroatoms. The maximum atomic E-state index is 6.23. The predicted octanol–water partition coefficient (Wildman–Crippen LogP) is 4.64. The van der Waals surface area contributed by atoms with Gasteiger partial charge in [-0.25, -0.2) is 0 Å². The van der Waals surface area contributed by atoms with E-state index >= 15 is 0 Å². The highest BCUT2D eigenvalue weighted by Crippen LogP contribution is 2.26. The zero-order valence-electron chi connectivity index (χ0n) is 11.4. The molecule has 2 rings (SSSR count). The highest BCUT2D eigenvalue weighted by Gasteiger charge is 2.07. The Bertz CT molecular complexity index is 544. The SMILES string of the molecule is CCOc1ccc(C(N)CSc2cccc(Br)c2)cc1. The standard InChI is InChI=1S/C16H18BrNOS/c1-2-19-14-8-6-12(7-9-14)16(18)11-20-15-5-3-4-13(17)10-15/h3-10,16H,2,11,18H2,1H3. The van der Waals surface area contributed by atoms with Gasteiger partial charge in [0, 0.05) is 21.2 Å². The molecule has 0 saturated carbocycles. The van der Waals surface area contributed by atoms with Crippen LogP contribution in [0.15, 0.2) is 57.9 Å². The van der Waals surface area contributed by atoms with Crippen LogP contribution in [0.1, 0.15) is 18.5 Å². The normalized spacial score (nSPS) is 12.2. The molecule has 0 heterocycles. The number of rotatable bonds is 6. The molecule has 0 saturated heterocycles. The minimum absolute atomic E-state index is 0.0228. The summed E-state index contributed by atoms with van der Waals surface area (Å²) in [5.74, 6) is 1.74. The molecular formula is C16H18BrNOS. The zero-order chi connectivity index (χ0) is 14.4. The Labute approximate surface area is 132 Å². The van der Waals surface area contributed by atoms with Crippen molar-refractivity contribution in [2.45, 2.75) is 17.9 Å². The largest absolute Gasteiger partial charge is 0.494 e. The summed E-state index contributed by atoms with van der Waals surface area (Å²) in [6, 6.07) is 16.3. The quantitative estimate of drug-likeness (QED) is 0.770. The van der Waals surface area contributed by atoms with Gasteiger partial charge >= 0.3 is 0 Å². The lowest BCUT2D eigenvalue weighted by Crippen LogP contribution is -2.12. The van der Waals surface area contributed by atoms with Gasteiger partial charge < -0.3 is 10.5 Å². The molecule has 0 radical (unpaired) electrons. The van der Waals surface area contributed by atoms with E-state index < -0.39 is 0 Å². The summed E-state index contributed by atoms with van der Waals surface area (Å²) in [6.07, 6.45) is 0. The zero-order valence-corrected chi connectivity index (χ0v) is 13.8. The highest BCUT2D eigenvalue weighted by atomic mass is 79.9. The molecule has 0 aliphatic heterocycles. The molecule has 0 aromatic heterocycles. The van der Waals surface area contributed by atoms with Gasteiger partial charge in [0.1, 0.15) is 5.75 Å². The van der Waals surface area contributed by atoms with Crippen LogP contribution in [0.3, 0.4) is 0 Å². The van der Waals surface area contributed by atoms with E-state index in [1.807, 2.05) is 43.3 Å². The van der Waals surface area contributed by atoms with Crippen molar-refractivity contribution in [2.75, 3.05) is 12.4 Å². The lowest BCUT2D eigenvalue weighted by Gasteiger charge is -2.12. The molecule has 2 N–H and O–H groups in total. The molecule has 2 aromatic carbocycles. The first-order chi connectivity index (χ1) is 9.69. The molecule has 0 aliphatic carbocycles. The van der Waals surface area contributed by atoms with E-state index in [9.17, 15) is 0 Å². The second kappa shape index (κ2) is 7.72. The summed E-state index contributed by atoms with van der Waals surface area (Å²) in [5, 5.41) is 0. The van der Waals surface area contributed by atoms with Gasteiger partial charge in [-0.2, -0.15) is 0 Å². The number of thioether (sulfide) groups is 1. The molecule has 0 amide bonds. The monoisotopic (exact) mass is 351 g/mol. The fourth-order valence-electron chi connectivity index (χ4n) is 1.82. The molecule has 0 spiro atoms. The fourth-order valence-corrected chi connectivity index (χ4v) is 3.32. The van der Waals surface area contributed by atoms with E-state index in [0.29, 0.717) is 6.61 Å². The summed E-state index contributed by atoms with van der Waals surface area (Å²) in [4.78, 5) is 1.22. The van der Waals surface area contributed by atoms with Crippen LogP contribution in [-0.2, 0) is 0 Å².